The van der Waals surface area contributed by atoms with Crippen LogP contribution in [0.1, 0.15) is 18.4 Å². The van der Waals surface area contributed by atoms with Crippen LogP contribution in [0.25, 0.3) is 0 Å². The van der Waals surface area contributed by atoms with E-state index >= 15 is 0 Å². The van der Waals surface area contributed by atoms with Crippen LogP contribution >= 0.6 is 0 Å². The molecule has 0 spiro atoms. The number of hydroxylamine groups is 1. The Labute approximate surface area is 169 Å². The van der Waals surface area contributed by atoms with E-state index in [9.17, 15) is 17.6 Å². The van der Waals surface area contributed by atoms with E-state index in [1.54, 1.807) is 12.1 Å². The summed E-state index contributed by atoms with van der Waals surface area (Å²) in [6.45, 7) is 0.844. The summed E-state index contributed by atoms with van der Waals surface area (Å²) in [5, 5.41) is 2.86. The van der Waals surface area contributed by atoms with Crippen LogP contribution in [0.2, 0.25) is 0 Å². The van der Waals surface area contributed by atoms with Gasteiger partial charge in [-0.2, -0.15) is 0 Å². The van der Waals surface area contributed by atoms with Crippen LogP contribution < -0.4 is 5.32 Å². The van der Waals surface area contributed by atoms with Gasteiger partial charge < -0.3 is 10.1 Å². The first kappa shape index (κ1) is 21.4. The van der Waals surface area contributed by atoms with Gasteiger partial charge in [-0.25, -0.2) is 12.8 Å². The molecule has 29 heavy (non-hydrogen) atoms. The largest absolute Gasteiger partial charge is 0.381 e. The molecule has 1 aliphatic rings. The number of sulfonamides is 1. The number of rotatable bonds is 6. The summed E-state index contributed by atoms with van der Waals surface area (Å²) in [4.78, 5) is 18.0. The number of anilines is 1. The molecule has 3 rings (SSSR count). The number of carbonyl (C=O) groups is 1. The van der Waals surface area contributed by atoms with Gasteiger partial charge in [0.25, 0.3) is 10.0 Å². The lowest BCUT2D eigenvalue weighted by Gasteiger charge is -2.36. The normalized spacial score (nSPS) is 16.6. The second-order valence-electron chi connectivity index (χ2n) is 6.78. The van der Waals surface area contributed by atoms with Crippen molar-refractivity contribution in [3.8, 4) is 0 Å². The molecule has 1 N–H and O–H groups in total. The number of carbonyl (C=O) groups excluding carboxylic acids is 1. The molecular weight excluding hydrogens is 399 g/mol. The molecule has 0 unspecified atom stereocenters. The Kier molecular flexibility index (Phi) is 6.33. The van der Waals surface area contributed by atoms with Gasteiger partial charge in [0, 0.05) is 25.9 Å². The molecule has 2 aromatic rings. The Morgan fingerprint density at radius 3 is 2.24 bits per heavy atom. The molecule has 7 nitrogen and oxygen atoms in total. The van der Waals surface area contributed by atoms with E-state index in [1.807, 2.05) is 0 Å². The fourth-order valence-electron chi connectivity index (χ4n) is 3.34. The zero-order chi connectivity index (χ0) is 21.1. The third kappa shape index (κ3) is 4.32. The number of benzene rings is 2. The molecule has 0 bridgehead atoms. The standard InChI is InChI=1S/C20H23FN2O5S/c1-23(27-2)29(25,26)18-9-7-17(8-10-18)22-19(24)20(11-13-28-14-12-20)15-3-5-16(21)6-4-15/h3-10H,11-14H2,1-2H3,(H,22,24). The number of nitrogens with one attached hydrogen (secondary N) is 1. The summed E-state index contributed by atoms with van der Waals surface area (Å²) in [6.07, 6.45) is 0.936. The Balaban J connectivity index is 1.84. The van der Waals surface area contributed by atoms with Gasteiger partial charge in [0.15, 0.2) is 0 Å². The van der Waals surface area contributed by atoms with E-state index in [0.29, 0.717) is 31.7 Å². The lowest BCUT2D eigenvalue weighted by atomic mass is 9.73. The maximum absolute atomic E-state index is 13.4. The molecule has 0 aliphatic carbocycles. The minimum atomic E-state index is -3.77. The van der Waals surface area contributed by atoms with Crippen LogP contribution in [0.5, 0.6) is 0 Å². The third-order valence-corrected chi connectivity index (χ3v) is 6.88. The fourth-order valence-corrected chi connectivity index (χ4v) is 4.32. The highest BCUT2D eigenvalue weighted by atomic mass is 32.2. The highest BCUT2D eigenvalue weighted by Gasteiger charge is 2.41. The van der Waals surface area contributed by atoms with E-state index in [1.165, 1.54) is 50.6 Å². The number of hydrogen-bond acceptors (Lipinski definition) is 5. The molecule has 156 valence electrons. The van der Waals surface area contributed by atoms with Crippen LogP contribution in [-0.2, 0) is 29.8 Å². The van der Waals surface area contributed by atoms with Crippen molar-refractivity contribution in [1.29, 1.82) is 0 Å². The molecule has 2 aromatic carbocycles. The number of halogens is 1. The molecule has 1 heterocycles. The molecule has 1 saturated heterocycles. The average Bonchev–Trinajstić information content (AvgIpc) is 2.74. The fraction of sp³-hybridized carbons (Fsp3) is 0.350. The molecule has 1 fully saturated rings. The number of hydrogen-bond donors (Lipinski definition) is 1. The lowest BCUT2D eigenvalue weighted by Crippen LogP contribution is -2.44. The maximum atomic E-state index is 13.4. The Morgan fingerprint density at radius 2 is 1.69 bits per heavy atom. The van der Waals surface area contributed by atoms with E-state index in [0.717, 1.165) is 10.0 Å². The highest BCUT2D eigenvalue weighted by molar-refractivity contribution is 7.89. The molecule has 0 radical (unpaired) electrons. The summed E-state index contributed by atoms with van der Waals surface area (Å²) >= 11 is 0. The van der Waals surface area contributed by atoms with Gasteiger partial charge in [-0.1, -0.05) is 16.6 Å². The van der Waals surface area contributed by atoms with Crippen molar-refractivity contribution in [2.24, 2.45) is 0 Å². The molecule has 1 aliphatic heterocycles. The van der Waals surface area contributed by atoms with E-state index in [-0.39, 0.29) is 16.6 Å². The quantitative estimate of drug-likeness (QED) is 0.724. The van der Waals surface area contributed by atoms with Crippen molar-refractivity contribution in [3.63, 3.8) is 0 Å². The van der Waals surface area contributed by atoms with E-state index < -0.39 is 15.4 Å². The van der Waals surface area contributed by atoms with Gasteiger partial charge in [-0.05, 0) is 54.8 Å². The predicted molar refractivity (Wildman–Crippen MR) is 105 cm³/mol. The minimum Gasteiger partial charge on any atom is -0.381 e. The van der Waals surface area contributed by atoms with Gasteiger partial charge in [0.1, 0.15) is 5.82 Å². The summed E-state index contributed by atoms with van der Waals surface area (Å²) in [6, 6.07) is 11.8. The summed E-state index contributed by atoms with van der Waals surface area (Å²) in [5.74, 6) is -0.605. The second kappa shape index (κ2) is 8.58. The molecule has 0 saturated carbocycles. The topological polar surface area (TPSA) is 84.9 Å². The van der Waals surface area contributed by atoms with Crippen LogP contribution in [0.15, 0.2) is 53.4 Å². The SMILES string of the molecule is CON(C)S(=O)(=O)c1ccc(NC(=O)C2(c3ccc(F)cc3)CCOCC2)cc1. The van der Waals surface area contributed by atoms with Crippen molar-refractivity contribution < 1.29 is 27.2 Å². The van der Waals surface area contributed by atoms with Crippen molar-refractivity contribution >= 4 is 21.6 Å². The molecule has 9 heteroatoms. The molecular formula is C20H23FN2O5S. The summed E-state index contributed by atoms with van der Waals surface area (Å²) in [7, 11) is -1.21. The molecule has 1 amide bonds. The van der Waals surface area contributed by atoms with Gasteiger partial charge in [-0.15, -0.1) is 0 Å². The van der Waals surface area contributed by atoms with Gasteiger partial charge in [0.05, 0.1) is 17.4 Å². The van der Waals surface area contributed by atoms with Crippen LogP contribution in [0.3, 0.4) is 0 Å². The third-order valence-electron chi connectivity index (χ3n) is 5.18. The molecule has 0 aromatic heterocycles. The summed E-state index contributed by atoms with van der Waals surface area (Å²) < 4.78 is 44.1. The van der Waals surface area contributed by atoms with Gasteiger partial charge in [0.2, 0.25) is 5.91 Å². The van der Waals surface area contributed by atoms with Crippen LogP contribution in [-0.4, -0.2) is 46.2 Å². The van der Waals surface area contributed by atoms with Crippen LogP contribution in [0, 0.1) is 5.82 Å². The van der Waals surface area contributed by atoms with E-state index in [2.05, 4.69) is 5.32 Å². The van der Waals surface area contributed by atoms with Crippen molar-refractivity contribution in [2.45, 2.75) is 23.2 Å². The maximum Gasteiger partial charge on any atom is 0.264 e. The van der Waals surface area contributed by atoms with Crippen LogP contribution in [0.4, 0.5) is 10.1 Å². The van der Waals surface area contributed by atoms with Crippen molar-refractivity contribution in [1.82, 2.24) is 4.47 Å². The first-order valence-electron chi connectivity index (χ1n) is 9.08. The first-order chi connectivity index (χ1) is 13.8. The van der Waals surface area contributed by atoms with Crippen molar-refractivity contribution in [2.75, 3.05) is 32.7 Å². The number of amides is 1. The lowest BCUT2D eigenvalue weighted by molar-refractivity contribution is -0.125. The second-order valence-corrected chi connectivity index (χ2v) is 8.71. The average molecular weight is 422 g/mol. The zero-order valence-electron chi connectivity index (χ0n) is 16.2. The minimum absolute atomic E-state index is 0.0409. The Morgan fingerprint density at radius 1 is 1.10 bits per heavy atom. The van der Waals surface area contributed by atoms with Gasteiger partial charge >= 0.3 is 0 Å². The van der Waals surface area contributed by atoms with Gasteiger partial charge in [-0.3, -0.25) is 9.63 Å². The zero-order valence-corrected chi connectivity index (χ0v) is 17.0. The Bertz CT molecular complexity index is 955. The molecule has 0 atom stereocenters. The smallest absolute Gasteiger partial charge is 0.264 e. The van der Waals surface area contributed by atoms with E-state index in [4.69, 9.17) is 9.57 Å². The number of ether oxygens (including phenoxy) is 1. The highest BCUT2D eigenvalue weighted by Crippen LogP contribution is 2.36. The first-order valence-corrected chi connectivity index (χ1v) is 10.5. The predicted octanol–water partition coefficient (Wildman–Crippen LogP) is 2.69. The Hall–Kier alpha value is -2.33. The summed E-state index contributed by atoms with van der Waals surface area (Å²) in [5.41, 5.74) is 0.343. The monoisotopic (exact) mass is 422 g/mol. The van der Waals surface area contributed by atoms with Crippen molar-refractivity contribution in [3.05, 3.63) is 59.9 Å². The number of nitrogens with zero attached hydrogens (tertiary/aromatic N) is 1.